The van der Waals surface area contributed by atoms with E-state index in [0.717, 1.165) is 12.8 Å². The van der Waals surface area contributed by atoms with Gasteiger partial charge in [-0.1, -0.05) is 36.4 Å². The Morgan fingerprint density at radius 1 is 1.14 bits per heavy atom. The largest absolute Gasteiger partial charge is 0.394 e. The molecular formula is C21H29N3O4. The lowest BCUT2D eigenvalue weighted by atomic mass is 10.0. The molecule has 0 bridgehead atoms. The zero-order chi connectivity index (χ0) is 20.1. The van der Waals surface area contributed by atoms with E-state index < -0.39 is 18.2 Å². The summed E-state index contributed by atoms with van der Waals surface area (Å²) in [6, 6.07) is 7.61. The highest BCUT2D eigenvalue weighted by atomic mass is 16.5. The number of rotatable bonds is 6. The summed E-state index contributed by atoms with van der Waals surface area (Å²) in [5.74, 6) is -0.0758. The quantitative estimate of drug-likeness (QED) is 0.548. The van der Waals surface area contributed by atoms with Gasteiger partial charge in [0.1, 0.15) is 6.10 Å². The third-order valence-corrected chi connectivity index (χ3v) is 4.98. The first-order valence-corrected chi connectivity index (χ1v) is 9.82. The molecule has 7 heteroatoms. The van der Waals surface area contributed by atoms with Crippen LogP contribution in [0.2, 0.25) is 0 Å². The van der Waals surface area contributed by atoms with Crippen molar-refractivity contribution in [1.82, 2.24) is 16.0 Å². The van der Waals surface area contributed by atoms with Gasteiger partial charge in [0.15, 0.2) is 0 Å². The van der Waals surface area contributed by atoms with Gasteiger partial charge in [-0.3, -0.25) is 4.79 Å². The Morgan fingerprint density at radius 2 is 1.82 bits per heavy atom. The Hall–Kier alpha value is -2.38. The van der Waals surface area contributed by atoms with E-state index in [0.29, 0.717) is 0 Å². The van der Waals surface area contributed by atoms with Crippen molar-refractivity contribution >= 4 is 11.9 Å². The van der Waals surface area contributed by atoms with Crippen LogP contribution >= 0.6 is 0 Å². The Labute approximate surface area is 165 Å². The lowest BCUT2D eigenvalue weighted by Gasteiger charge is -2.32. The summed E-state index contributed by atoms with van der Waals surface area (Å²) in [6.45, 7) is 3.49. The van der Waals surface area contributed by atoms with Crippen molar-refractivity contribution in [3.05, 3.63) is 47.5 Å². The summed E-state index contributed by atoms with van der Waals surface area (Å²) in [6.07, 6.45) is 4.43. The molecule has 3 atom stereocenters. The smallest absolute Gasteiger partial charge is 0.315 e. The zero-order valence-corrected chi connectivity index (χ0v) is 16.4. The van der Waals surface area contributed by atoms with Crippen molar-refractivity contribution in [2.75, 3.05) is 6.61 Å². The second-order valence-corrected chi connectivity index (χ2v) is 7.72. The number of nitrogens with one attached hydrogen (secondary N) is 3. The summed E-state index contributed by atoms with van der Waals surface area (Å²) >= 11 is 0. The highest BCUT2D eigenvalue weighted by Gasteiger charge is 2.30. The molecule has 1 aromatic rings. The molecule has 1 aliphatic heterocycles. The van der Waals surface area contributed by atoms with Crippen molar-refractivity contribution in [2.45, 2.75) is 63.4 Å². The van der Waals surface area contributed by atoms with Crippen molar-refractivity contribution < 1.29 is 19.4 Å². The molecule has 3 amide bonds. The van der Waals surface area contributed by atoms with Gasteiger partial charge >= 0.3 is 6.03 Å². The molecule has 7 nitrogen and oxygen atoms in total. The van der Waals surface area contributed by atoms with Gasteiger partial charge in [-0.05, 0) is 37.8 Å². The van der Waals surface area contributed by atoms with Crippen LogP contribution in [-0.4, -0.2) is 54.0 Å². The zero-order valence-electron chi connectivity index (χ0n) is 16.4. The van der Waals surface area contributed by atoms with Gasteiger partial charge in [0, 0.05) is 12.1 Å². The number of aliphatic hydroxyl groups excluding tert-OH is 1. The molecule has 0 radical (unpaired) electrons. The second kappa shape index (κ2) is 9.21. The van der Waals surface area contributed by atoms with Crippen LogP contribution < -0.4 is 16.0 Å². The van der Waals surface area contributed by atoms with E-state index in [1.54, 1.807) is 12.2 Å². The van der Waals surface area contributed by atoms with Gasteiger partial charge < -0.3 is 25.8 Å². The number of carbonyl (C=O) groups excluding carboxylic acids is 2. The van der Waals surface area contributed by atoms with Crippen molar-refractivity contribution in [1.29, 1.82) is 0 Å². The van der Waals surface area contributed by atoms with Crippen molar-refractivity contribution in [3.63, 3.8) is 0 Å². The first kappa shape index (κ1) is 20.4. The Balaban J connectivity index is 1.49. The third kappa shape index (κ3) is 5.33. The maximum Gasteiger partial charge on any atom is 0.315 e. The van der Waals surface area contributed by atoms with E-state index in [1.165, 1.54) is 11.1 Å². The number of amides is 3. The molecule has 152 valence electrons. The number of fused-ring (bicyclic) bond motifs is 1. The van der Waals surface area contributed by atoms with Gasteiger partial charge in [-0.15, -0.1) is 0 Å². The SMILES string of the molecule is CC(C)NC(=O)N[C@H]1C=C[C@@H](CC(=O)NC2Cc3ccccc3C2)O[C@@H]1CO. The van der Waals surface area contributed by atoms with Crippen LogP contribution in [0.4, 0.5) is 4.79 Å². The Morgan fingerprint density at radius 3 is 2.43 bits per heavy atom. The average molecular weight is 387 g/mol. The molecule has 2 aliphatic rings. The van der Waals surface area contributed by atoms with Gasteiger partial charge in [0.2, 0.25) is 5.91 Å². The van der Waals surface area contributed by atoms with E-state index in [1.807, 2.05) is 26.0 Å². The van der Waals surface area contributed by atoms with Gasteiger partial charge in [0.25, 0.3) is 0 Å². The van der Waals surface area contributed by atoms with Crippen LogP contribution in [-0.2, 0) is 22.4 Å². The number of hydrogen-bond donors (Lipinski definition) is 4. The molecule has 1 aromatic carbocycles. The minimum Gasteiger partial charge on any atom is -0.394 e. The molecule has 0 unspecified atom stereocenters. The lowest BCUT2D eigenvalue weighted by Crippen LogP contribution is -2.52. The first-order valence-electron chi connectivity index (χ1n) is 9.82. The van der Waals surface area contributed by atoms with Crippen LogP contribution in [0.5, 0.6) is 0 Å². The fourth-order valence-electron chi connectivity index (χ4n) is 3.72. The molecule has 3 rings (SSSR count). The van der Waals surface area contributed by atoms with Crippen LogP contribution in [0, 0.1) is 0 Å². The van der Waals surface area contributed by atoms with Crippen LogP contribution in [0.1, 0.15) is 31.4 Å². The lowest BCUT2D eigenvalue weighted by molar-refractivity contribution is -0.125. The summed E-state index contributed by atoms with van der Waals surface area (Å²) in [7, 11) is 0. The summed E-state index contributed by atoms with van der Waals surface area (Å²) in [5, 5.41) is 18.2. The summed E-state index contributed by atoms with van der Waals surface area (Å²) in [5.41, 5.74) is 2.58. The molecular weight excluding hydrogens is 358 g/mol. The van der Waals surface area contributed by atoms with E-state index in [9.17, 15) is 14.7 Å². The van der Waals surface area contributed by atoms with Gasteiger partial charge in [0.05, 0.1) is 25.2 Å². The summed E-state index contributed by atoms with van der Waals surface area (Å²) < 4.78 is 5.81. The number of urea groups is 1. The molecule has 4 N–H and O–H groups in total. The Bertz CT molecular complexity index is 709. The minimum atomic E-state index is -0.587. The number of hydrogen-bond acceptors (Lipinski definition) is 4. The number of carbonyl (C=O) groups is 2. The number of ether oxygens (including phenoxy) is 1. The highest BCUT2D eigenvalue weighted by molar-refractivity contribution is 5.77. The minimum absolute atomic E-state index is 0.0132. The topological polar surface area (TPSA) is 99.7 Å². The molecule has 1 heterocycles. The second-order valence-electron chi connectivity index (χ2n) is 7.72. The maximum atomic E-state index is 12.4. The molecule has 0 aromatic heterocycles. The van der Waals surface area contributed by atoms with Gasteiger partial charge in [-0.25, -0.2) is 4.79 Å². The highest BCUT2D eigenvalue weighted by Crippen LogP contribution is 2.22. The molecule has 0 fully saturated rings. The molecule has 0 saturated heterocycles. The maximum absolute atomic E-state index is 12.4. The normalized spacial score (nSPS) is 24.1. The van der Waals surface area contributed by atoms with E-state index in [4.69, 9.17) is 4.74 Å². The van der Waals surface area contributed by atoms with Crippen LogP contribution in [0.25, 0.3) is 0 Å². The standard InChI is InChI=1S/C21H29N3O4/c1-13(2)22-21(27)24-18-8-7-17(28-19(18)12-25)11-20(26)23-16-9-14-5-3-4-6-15(14)10-16/h3-8,13,16-19,25H,9-12H2,1-2H3,(H,23,26)(H2,22,24,27)/t17-,18-,19+/m0/s1. The van der Waals surface area contributed by atoms with E-state index >= 15 is 0 Å². The monoisotopic (exact) mass is 387 g/mol. The first-order chi connectivity index (χ1) is 13.4. The van der Waals surface area contributed by atoms with Gasteiger partial charge in [-0.2, -0.15) is 0 Å². The molecule has 0 spiro atoms. The predicted octanol–water partition coefficient (Wildman–Crippen LogP) is 1.05. The fourth-order valence-corrected chi connectivity index (χ4v) is 3.72. The third-order valence-electron chi connectivity index (χ3n) is 4.98. The fraction of sp³-hybridized carbons (Fsp3) is 0.524. The van der Waals surface area contributed by atoms with E-state index in [2.05, 4.69) is 28.1 Å². The molecule has 28 heavy (non-hydrogen) atoms. The number of benzene rings is 1. The Kier molecular flexibility index (Phi) is 6.70. The molecule has 1 aliphatic carbocycles. The van der Waals surface area contributed by atoms with Crippen molar-refractivity contribution in [2.24, 2.45) is 0 Å². The average Bonchev–Trinajstić information content (AvgIpc) is 3.04. The summed E-state index contributed by atoms with van der Waals surface area (Å²) in [4.78, 5) is 24.3. The molecule has 0 saturated carbocycles. The van der Waals surface area contributed by atoms with Crippen LogP contribution in [0.15, 0.2) is 36.4 Å². The predicted molar refractivity (Wildman–Crippen MR) is 106 cm³/mol. The van der Waals surface area contributed by atoms with Crippen LogP contribution in [0.3, 0.4) is 0 Å². The van der Waals surface area contributed by atoms with E-state index in [-0.39, 0.29) is 37.0 Å². The number of aliphatic hydroxyl groups is 1. The van der Waals surface area contributed by atoms with Crippen molar-refractivity contribution in [3.8, 4) is 0 Å².